The largest absolute Gasteiger partial charge is 0.391 e. The number of fused-ring (bicyclic) bond motifs is 2. The topological polar surface area (TPSA) is 142 Å². The van der Waals surface area contributed by atoms with Crippen molar-refractivity contribution in [1.82, 2.24) is 25.1 Å². The molecule has 6 N–H and O–H groups in total. The Bertz CT molecular complexity index is 1340. The molecular formula is C29H39N7O3. The standard InChI is InChI=1S/C29H39N7O3/c1-3-39-17-20(37)11-13-36(25-6-4-5-12-32-25)29(38)19-8-10-24-23(15-19)34-26(35(24)2)16-33-27-21-9-7-18(28(30)31)14-22(21)27/h4-7,9-10,12,14-15,19-22,25,27,32-33,37H,3,8,11,13,16-17H2,1-2H3,(H3,30,31). The number of carbonyl (C=O) groups excluding carboxylic acids is 1. The van der Waals surface area contributed by atoms with Crippen LogP contribution in [0.4, 0.5) is 0 Å². The maximum atomic E-state index is 13.7. The molecule has 6 atom stereocenters. The third-order valence-corrected chi connectivity index (χ3v) is 7.92. The molecule has 10 nitrogen and oxygen atoms in total. The van der Waals surface area contributed by atoms with Gasteiger partial charge >= 0.3 is 0 Å². The van der Waals surface area contributed by atoms with Crippen molar-refractivity contribution in [1.29, 1.82) is 5.41 Å². The number of nitrogens with one attached hydrogen (secondary N) is 3. The number of aliphatic hydroxyl groups is 1. The number of nitrogens with zero attached hydrogens (tertiary/aromatic N) is 3. The highest BCUT2D eigenvalue weighted by molar-refractivity contribution is 5.97. The average Bonchev–Trinajstić information content (AvgIpc) is 3.56. The van der Waals surface area contributed by atoms with Gasteiger partial charge in [-0.2, -0.15) is 0 Å². The van der Waals surface area contributed by atoms with Crippen molar-refractivity contribution in [2.45, 2.75) is 44.6 Å². The van der Waals surface area contributed by atoms with E-state index in [1.165, 1.54) is 0 Å². The first-order valence-corrected chi connectivity index (χ1v) is 13.7. The highest BCUT2D eigenvalue weighted by Crippen LogP contribution is 2.44. The Morgan fingerprint density at radius 3 is 2.95 bits per heavy atom. The van der Waals surface area contributed by atoms with E-state index < -0.39 is 6.10 Å². The summed E-state index contributed by atoms with van der Waals surface area (Å²) in [4.78, 5) is 20.4. The van der Waals surface area contributed by atoms with Gasteiger partial charge in [0.2, 0.25) is 5.91 Å². The van der Waals surface area contributed by atoms with Crippen LogP contribution in [0.2, 0.25) is 0 Å². The first kappa shape index (κ1) is 27.1. The Balaban J connectivity index is 1.26. The molecule has 5 rings (SSSR count). The van der Waals surface area contributed by atoms with Gasteiger partial charge in [0.15, 0.2) is 0 Å². The normalized spacial score (nSPS) is 26.8. The number of amidine groups is 1. The molecule has 1 aliphatic heterocycles. The molecule has 0 saturated heterocycles. The van der Waals surface area contributed by atoms with Gasteiger partial charge in [0.1, 0.15) is 17.8 Å². The molecule has 0 aromatic carbocycles. The molecular weight excluding hydrogens is 494 g/mol. The van der Waals surface area contributed by atoms with Crippen molar-refractivity contribution >= 4 is 23.9 Å². The summed E-state index contributed by atoms with van der Waals surface area (Å²) in [6.45, 7) is 3.73. The zero-order valence-corrected chi connectivity index (χ0v) is 22.6. The van der Waals surface area contributed by atoms with Crippen LogP contribution >= 0.6 is 0 Å². The monoisotopic (exact) mass is 533 g/mol. The van der Waals surface area contributed by atoms with E-state index in [-0.39, 0.29) is 30.4 Å². The zero-order valence-electron chi connectivity index (χ0n) is 22.6. The van der Waals surface area contributed by atoms with Gasteiger partial charge < -0.3 is 35.7 Å². The number of imidazole rings is 1. The average molecular weight is 534 g/mol. The maximum Gasteiger partial charge on any atom is 0.231 e. The minimum Gasteiger partial charge on any atom is -0.391 e. The fourth-order valence-electron chi connectivity index (χ4n) is 5.59. The number of hydrogen-bond donors (Lipinski definition) is 5. The maximum absolute atomic E-state index is 13.7. The van der Waals surface area contributed by atoms with Crippen molar-refractivity contribution in [3.63, 3.8) is 0 Å². The molecule has 0 spiro atoms. The van der Waals surface area contributed by atoms with E-state index in [1.54, 1.807) is 4.90 Å². The van der Waals surface area contributed by atoms with Crippen LogP contribution in [0.15, 0.2) is 48.2 Å². The molecule has 1 aromatic rings. The molecule has 1 fully saturated rings. The first-order valence-electron chi connectivity index (χ1n) is 13.7. The molecule has 0 radical (unpaired) electrons. The number of ether oxygens (including phenoxy) is 1. The molecule has 10 heteroatoms. The van der Waals surface area contributed by atoms with Gasteiger partial charge in [-0.05, 0) is 44.2 Å². The lowest BCUT2D eigenvalue weighted by Crippen LogP contribution is -2.50. The summed E-state index contributed by atoms with van der Waals surface area (Å²) in [5, 5.41) is 26.7. The number of amides is 1. The van der Waals surface area contributed by atoms with E-state index in [4.69, 9.17) is 20.9 Å². The minimum atomic E-state index is -0.627. The van der Waals surface area contributed by atoms with Crippen molar-refractivity contribution in [3.8, 4) is 0 Å². The Morgan fingerprint density at radius 2 is 2.21 bits per heavy atom. The van der Waals surface area contributed by atoms with Gasteiger partial charge in [0.05, 0.1) is 35.9 Å². The van der Waals surface area contributed by atoms with E-state index >= 15 is 0 Å². The van der Waals surface area contributed by atoms with Gasteiger partial charge in [-0.25, -0.2) is 4.98 Å². The van der Waals surface area contributed by atoms with E-state index in [1.807, 2.05) is 50.6 Å². The number of aliphatic hydroxyl groups excluding tert-OH is 1. The Labute approximate surface area is 228 Å². The van der Waals surface area contributed by atoms with E-state index in [0.29, 0.717) is 50.4 Å². The summed E-state index contributed by atoms with van der Waals surface area (Å²) in [7, 11) is 2.01. The molecule has 2 heterocycles. The van der Waals surface area contributed by atoms with Gasteiger partial charge in [0, 0.05) is 43.7 Å². The predicted octanol–water partition coefficient (Wildman–Crippen LogP) is -0.247. The number of hydrogen-bond acceptors (Lipinski definition) is 7. The van der Waals surface area contributed by atoms with Gasteiger partial charge in [-0.1, -0.05) is 30.4 Å². The van der Waals surface area contributed by atoms with Crippen molar-refractivity contribution in [2.24, 2.45) is 30.5 Å². The SMILES string of the molecule is CCOCC(O)CCN(C(=O)C1C=c2nc(CNC3C4C=CC(C(=N)N)=CC43)n(C)c2=CC1)C1C=CC=CN1. The van der Waals surface area contributed by atoms with Gasteiger partial charge in [-0.3, -0.25) is 10.2 Å². The van der Waals surface area contributed by atoms with Crippen LogP contribution in [0.1, 0.15) is 25.6 Å². The molecule has 1 saturated carbocycles. The van der Waals surface area contributed by atoms with E-state index in [2.05, 4.69) is 33.4 Å². The molecule has 39 heavy (non-hydrogen) atoms. The summed E-state index contributed by atoms with van der Waals surface area (Å²) < 4.78 is 7.44. The second-order valence-corrected chi connectivity index (χ2v) is 10.5. The van der Waals surface area contributed by atoms with Crippen molar-refractivity contribution in [2.75, 3.05) is 19.8 Å². The van der Waals surface area contributed by atoms with Crippen LogP contribution in [0.3, 0.4) is 0 Å². The lowest BCUT2D eigenvalue weighted by Gasteiger charge is -2.34. The molecule has 208 valence electrons. The smallest absolute Gasteiger partial charge is 0.231 e. The van der Waals surface area contributed by atoms with Crippen LogP contribution in [0, 0.1) is 23.2 Å². The number of allylic oxidation sites excluding steroid dienone is 2. The Hall–Kier alpha value is -3.47. The lowest BCUT2D eigenvalue weighted by molar-refractivity contribution is -0.135. The molecule has 3 aliphatic carbocycles. The number of dihydropyridines is 1. The molecule has 0 bridgehead atoms. The van der Waals surface area contributed by atoms with Crippen molar-refractivity contribution < 1.29 is 14.6 Å². The highest BCUT2D eigenvalue weighted by Gasteiger charge is 2.48. The molecule has 6 unspecified atom stereocenters. The lowest BCUT2D eigenvalue weighted by atomic mass is 9.98. The quantitative estimate of drug-likeness (QED) is 0.184. The summed E-state index contributed by atoms with van der Waals surface area (Å²) in [5.41, 5.74) is 6.44. The summed E-state index contributed by atoms with van der Waals surface area (Å²) >= 11 is 0. The third-order valence-electron chi connectivity index (χ3n) is 7.92. The fourth-order valence-corrected chi connectivity index (χ4v) is 5.59. The van der Waals surface area contributed by atoms with Crippen LogP contribution in [-0.2, 0) is 23.1 Å². The Morgan fingerprint density at radius 1 is 1.36 bits per heavy atom. The minimum absolute atomic E-state index is 0.00481. The second kappa shape index (κ2) is 11.7. The number of nitrogens with two attached hydrogens (primary N) is 1. The van der Waals surface area contributed by atoms with Crippen molar-refractivity contribution in [3.05, 3.63) is 64.8 Å². The number of aromatic nitrogens is 2. The number of rotatable bonds is 12. The summed E-state index contributed by atoms with van der Waals surface area (Å²) in [5.74, 6) is 1.49. The first-order chi connectivity index (χ1) is 18.9. The van der Waals surface area contributed by atoms with Gasteiger partial charge in [0.25, 0.3) is 0 Å². The summed E-state index contributed by atoms with van der Waals surface area (Å²) in [6.07, 6.45) is 18.0. The zero-order chi connectivity index (χ0) is 27.5. The fraction of sp³-hybridized carbons (Fsp3) is 0.483. The van der Waals surface area contributed by atoms with E-state index in [9.17, 15) is 9.90 Å². The van der Waals surface area contributed by atoms with Crippen LogP contribution in [-0.4, -0.2) is 69.4 Å². The second-order valence-electron chi connectivity index (χ2n) is 10.5. The van der Waals surface area contributed by atoms with Crippen LogP contribution in [0.5, 0.6) is 0 Å². The molecule has 4 aliphatic rings. The van der Waals surface area contributed by atoms with Crippen LogP contribution in [0.25, 0.3) is 12.2 Å². The highest BCUT2D eigenvalue weighted by atomic mass is 16.5. The molecule has 1 aromatic heterocycles. The predicted molar refractivity (Wildman–Crippen MR) is 150 cm³/mol. The van der Waals surface area contributed by atoms with Gasteiger partial charge in [-0.15, -0.1) is 0 Å². The number of carbonyl (C=O) groups is 1. The third kappa shape index (κ3) is 5.93. The Kier molecular flexibility index (Phi) is 8.15. The van der Waals surface area contributed by atoms with Crippen LogP contribution < -0.4 is 27.1 Å². The van der Waals surface area contributed by atoms with E-state index in [0.717, 1.165) is 22.1 Å². The molecule has 1 amide bonds. The summed E-state index contributed by atoms with van der Waals surface area (Å²) in [6, 6.07) is 0.311.